The molecule has 1 aliphatic rings. The van der Waals surface area contributed by atoms with Gasteiger partial charge in [-0.2, -0.15) is 0 Å². The third-order valence-electron chi connectivity index (χ3n) is 6.97. The van der Waals surface area contributed by atoms with Crippen LogP contribution in [-0.2, 0) is 35.0 Å². The highest BCUT2D eigenvalue weighted by Crippen LogP contribution is 2.31. The molecule has 1 saturated heterocycles. The SMILES string of the molecule is COc1ccnc(C(=O)NC2COC(=O)[C@H](Cc3ccccc3)C(OC(=O)C(C)C)[C@H](C)OC2=O)c1OC(=O)c1nc(Cl)ccc1Cl. The number of methoxy groups -OCH3 is 1. The van der Waals surface area contributed by atoms with Gasteiger partial charge >= 0.3 is 23.9 Å². The molecular weight excluding hydrogens is 657 g/mol. The van der Waals surface area contributed by atoms with Gasteiger partial charge in [-0.1, -0.05) is 67.4 Å². The zero-order chi connectivity index (χ0) is 34.2. The minimum absolute atomic E-state index is 0.0350. The van der Waals surface area contributed by atoms with E-state index < -0.39 is 77.9 Å². The van der Waals surface area contributed by atoms with Crippen molar-refractivity contribution in [3.05, 3.63) is 81.9 Å². The Balaban J connectivity index is 1.61. The topological polar surface area (TPSA) is 169 Å². The first-order valence-electron chi connectivity index (χ1n) is 14.4. The second kappa shape index (κ2) is 15.7. The molecule has 13 nitrogen and oxygen atoms in total. The third kappa shape index (κ3) is 8.74. The van der Waals surface area contributed by atoms with Crippen molar-refractivity contribution in [2.75, 3.05) is 13.7 Å². The van der Waals surface area contributed by atoms with Crippen LogP contribution in [-0.4, -0.2) is 71.7 Å². The number of cyclic esters (lactones) is 2. The van der Waals surface area contributed by atoms with Crippen LogP contribution in [0.15, 0.2) is 54.7 Å². The van der Waals surface area contributed by atoms with Gasteiger partial charge in [0.1, 0.15) is 23.8 Å². The molecule has 0 bridgehead atoms. The number of carbonyl (C=O) groups excluding carboxylic acids is 5. The van der Waals surface area contributed by atoms with E-state index in [1.165, 1.54) is 38.4 Å². The fourth-order valence-electron chi connectivity index (χ4n) is 4.53. The van der Waals surface area contributed by atoms with Crippen LogP contribution in [0.25, 0.3) is 0 Å². The number of nitrogens with zero attached hydrogens (tertiary/aromatic N) is 2. The van der Waals surface area contributed by atoms with Gasteiger partial charge in [0.25, 0.3) is 5.91 Å². The van der Waals surface area contributed by atoms with E-state index in [-0.39, 0.29) is 28.0 Å². The maximum absolute atomic E-state index is 13.5. The quantitative estimate of drug-likeness (QED) is 0.195. The number of benzene rings is 1. The fraction of sp³-hybridized carbons (Fsp3) is 0.344. The van der Waals surface area contributed by atoms with E-state index in [2.05, 4.69) is 15.3 Å². The van der Waals surface area contributed by atoms with E-state index in [4.69, 9.17) is 46.9 Å². The zero-order valence-corrected chi connectivity index (χ0v) is 27.2. The zero-order valence-electron chi connectivity index (χ0n) is 25.7. The number of aromatic nitrogens is 2. The normalized spacial score (nSPS) is 19.7. The van der Waals surface area contributed by atoms with Crippen molar-refractivity contribution in [1.29, 1.82) is 0 Å². The van der Waals surface area contributed by atoms with Gasteiger partial charge in [-0.25, -0.2) is 19.6 Å². The average Bonchev–Trinajstić information content (AvgIpc) is 3.08. The predicted octanol–water partition coefficient (Wildman–Crippen LogP) is 4.02. The van der Waals surface area contributed by atoms with Crippen LogP contribution < -0.4 is 14.8 Å². The monoisotopic (exact) mass is 687 g/mol. The summed E-state index contributed by atoms with van der Waals surface area (Å²) in [5, 5.41) is 2.31. The van der Waals surface area contributed by atoms with Crippen LogP contribution in [0.3, 0.4) is 0 Å². The number of esters is 4. The Bertz CT molecular complexity index is 1650. The molecule has 1 aliphatic heterocycles. The molecule has 1 amide bonds. The Morgan fingerprint density at radius 2 is 1.74 bits per heavy atom. The smallest absolute Gasteiger partial charge is 0.364 e. The first kappa shape index (κ1) is 35.1. The molecule has 0 radical (unpaired) electrons. The molecule has 4 atom stereocenters. The van der Waals surface area contributed by atoms with E-state index in [0.717, 1.165) is 5.56 Å². The van der Waals surface area contributed by atoms with E-state index in [1.54, 1.807) is 38.1 Å². The molecule has 1 aromatic carbocycles. The Morgan fingerprint density at radius 1 is 1.02 bits per heavy atom. The van der Waals surface area contributed by atoms with Gasteiger partial charge in [0.2, 0.25) is 5.75 Å². The van der Waals surface area contributed by atoms with Crippen molar-refractivity contribution in [3.63, 3.8) is 0 Å². The number of hydrogen-bond acceptors (Lipinski definition) is 12. The number of rotatable bonds is 9. The van der Waals surface area contributed by atoms with Crippen LogP contribution in [0.4, 0.5) is 0 Å². The average molecular weight is 689 g/mol. The van der Waals surface area contributed by atoms with Gasteiger partial charge in [-0.05, 0) is 31.0 Å². The molecule has 2 unspecified atom stereocenters. The molecule has 4 rings (SSSR count). The summed E-state index contributed by atoms with van der Waals surface area (Å²) in [5.74, 6) is -6.51. The summed E-state index contributed by atoms with van der Waals surface area (Å²) < 4.78 is 27.5. The lowest BCUT2D eigenvalue weighted by molar-refractivity contribution is -0.176. The van der Waals surface area contributed by atoms with Crippen molar-refractivity contribution in [2.45, 2.75) is 45.4 Å². The van der Waals surface area contributed by atoms with Gasteiger partial charge in [0, 0.05) is 12.3 Å². The number of amides is 1. The van der Waals surface area contributed by atoms with Gasteiger partial charge in [-0.3, -0.25) is 14.4 Å². The van der Waals surface area contributed by atoms with Crippen molar-refractivity contribution in [3.8, 4) is 11.5 Å². The van der Waals surface area contributed by atoms with Crippen LogP contribution in [0.5, 0.6) is 11.5 Å². The van der Waals surface area contributed by atoms with Crippen LogP contribution in [0, 0.1) is 11.8 Å². The van der Waals surface area contributed by atoms with Gasteiger partial charge in [0.15, 0.2) is 29.3 Å². The molecule has 1 fully saturated rings. The first-order valence-corrected chi connectivity index (χ1v) is 15.1. The van der Waals surface area contributed by atoms with Crippen LogP contribution in [0.2, 0.25) is 10.2 Å². The van der Waals surface area contributed by atoms with Crippen molar-refractivity contribution < 1.29 is 47.7 Å². The fourth-order valence-corrected chi connectivity index (χ4v) is 4.86. The van der Waals surface area contributed by atoms with Gasteiger partial charge in [0.05, 0.1) is 18.1 Å². The molecule has 3 aromatic rings. The minimum atomic E-state index is -1.54. The lowest BCUT2D eigenvalue weighted by atomic mass is 9.91. The van der Waals surface area contributed by atoms with Crippen molar-refractivity contribution in [1.82, 2.24) is 15.3 Å². The predicted molar refractivity (Wildman–Crippen MR) is 166 cm³/mol. The van der Waals surface area contributed by atoms with Crippen molar-refractivity contribution in [2.24, 2.45) is 11.8 Å². The first-order chi connectivity index (χ1) is 22.4. The molecule has 1 N–H and O–H groups in total. The minimum Gasteiger partial charge on any atom is -0.493 e. The summed E-state index contributed by atoms with van der Waals surface area (Å²) in [4.78, 5) is 73.8. The van der Waals surface area contributed by atoms with Crippen molar-refractivity contribution >= 4 is 53.0 Å². The summed E-state index contributed by atoms with van der Waals surface area (Å²) in [5.41, 5.74) is -0.0494. The molecule has 0 aliphatic carbocycles. The number of pyridine rings is 2. The number of nitrogens with one attached hydrogen (secondary N) is 1. The Kier molecular flexibility index (Phi) is 11.7. The second-order valence-corrected chi connectivity index (χ2v) is 11.5. The van der Waals surface area contributed by atoms with Crippen LogP contribution >= 0.6 is 23.2 Å². The van der Waals surface area contributed by atoms with E-state index >= 15 is 0 Å². The molecule has 248 valence electrons. The molecule has 0 spiro atoms. The number of carbonyl (C=O) groups is 5. The van der Waals surface area contributed by atoms with Gasteiger partial charge < -0.3 is 29.0 Å². The largest absolute Gasteiger partial charge is 0.493 e. The van der Waals surface area contributed by atoms with E-state index in [9.17, 15) is 24.0 Å². The Morgan fingerprint density at radius 3 is 2.43 bits per heavy atom. The number of halogens is 2. The molecule has 0 saturated carbocycles. The molecule has 15 heteroatoms. The van der Waals surface area contributed by atoms with Gasteiger partial charge in [-0.15, -0.1) is 0 Å². The number of ether oxygens (including phenoxy) is 5. The van der Waals surface area contributed by atoms with E-state index in [1.807, 2.05) is 6.07 Å². The lowest BCUT2D eigenvalue weighted by Crippen LogP contribution is -2.47. The third-order valence-corrected chi connectivity index (χ3v) is 7.49. The highest BCUT2D eigenvalue weighted by atomic mass is 35.5. The standard InChI is InChI=1S/C32H31Cl2N3O10/c1-16(2)29(39)46-26-17(3)45-31(41)21(15-44-30(40)19(26)14-18-8-6-5-7-9-18)36-28(38)25-27(22(43-4)12-13-35-25)47-32(42)24-20(33)10-11-23(34)37-24/h5-13,16-17,19,21,26H,14-15H2,1-4H3,(H,36,38)/t17-,19+,21?,26?/m0/s1. The highest BCUT2D eigenvalue weighted by Gasteiger charge is 2.42. The molecule has 47 heavy (non-hydrogen) atoms. The summed E-state index contributed by atoms with van der Waals surface area (Å²) in [6.45, 7) is 4.10. The maximum atomic E-state index is 13.5. The summed E-state index contributed by atoms with van der Waals surface area (Å²) in [6.07, 6.45) is -0.997. The molecule has 3 heterocycles. The molecule has 2 aromatic heterocycles. The summed E-state index contributed by atoms with van der Waals surface area (Å²) in [7, 11) is 1.27. The van der Waals surface area contributed by atoms with E-state index in [0.29, 0.717) is 0 Å². The Labute approximate surface area is 279 Å². The summed E-state index contributed by atoms with van der Waals surface area (Å²) >= 11 is 12.0. The second-order valence-electron chi connectivity index (χ2n) is 10.7. The summed E-state index contributed by atoms with van der Waals surface area (Å²) in [6, 6.07) is 11.5. The van der Waals surface area contributed by atoms with Crippen LogP contribution in [0.1, 0.15) is 47.3 Å². The maximum Gasteiger partial charge on any atom is 0.364 e. The number of hydrogen-bond donors (Lipinski definition) is 1. The lowest BCUT2D eigenvalue weighted by Gasteiger charge is -2.29. The highest BCUT2D eigenvalue weighted by molar-refractivity contribution is 6.34. The molecular formula is C32H31Cl2N3O10. The Hall–Kier alpha value is -4.75.